The highest BCUT2D eigenvalue weighted by molar-refractivity contribution is 6.31. The molecule has 49 heavy (non-hydrogen) atoms. The van der Waals surface area contributed by atoms with Gasteiger partial charge in [0.1, 0.15) is 23.0 Å². The molecule has 246 valence electrons. The lowest BCUT2D eigenvalue weighted by molar-refractivity contribution is 0.186. The smallest absolute Gasteiger partial charge is 0.252 e. The molecule has 0 saturated heterocycles. The van der Waals surface area contributed by atoms with E-state index in [1.54, 1.807) is 42.3 Å². The number of nitrogens with one attached hydrogen (secondary N) is 1. The molecular weight excluding hydrogens is 659 g/mol. The minimum absolute atomic E-state index is 0.0841. The summed E-state index contributed by atoms with van der Waals surface area (Å²) in [5.41, 5.74) is 5.15. The molecule has 0 radical (unpaired) electrons. The maximum atomic E-state index is 12.2. The molecule has 0 amide bonds. The molecule has 11 heteroatoms. The molecule has 0 saturated carbocycles. The first kappa shape index (κ1) is 34.7. The number of H-pyrrole nitrogens is 1. The molecular formula is C38H32Cl2N6O3. The Hall–Kier alpha value is -5.58. The van der Waals surface area contributed by atoms with Gasteiger partial charge in [-0.05, 0) is 81.1 Å². The summed E-state index contributed by atoms with van der Waals surface area (Å²) in [5, 5.41) is 1.30. The molecule has 6 rings (SSSR count). The van der Waals surface area contributed by atoms with Crippen LogP contribution in [0.1, 0.15) is 39.9 Å². The number of halogens is 2. The van der Waals surface area contributed by atoms with Gasteiger partial charge in [0.2, 0.25) is 5.56 Å². The average molecular weight is 692 g/mol. The van der Waals surface area contributed by atoms with Crippen LogP contribution in [0.15, 0.2) is 101 Å². The number of pyridine rings is 2. The second-order valence-electron chi connectivity index (χ2n) is 10.8. The first-order valence-electron chi connectivity index (χ1n) is 15.2. The standard InChI is InChI=1S/C20H18ClN3O2.C18H14ClN3O/c1-15-22-18(7-6-16-4-3-5-17(21)12-16)14-24(15)19-8-9-23(10-11-26-2)20(25)13-19;1-12-17(7-6-14-4-3-5-15(19)10-14)21-13(2)22(12)16-8-9-20-18(23)11-16/h3-5,8-9,12-14H,10-11H2,1-2H3;3-5,8-11H,1-2H3,(H,20,23). The fourth-order valence-corrected chi connectivity index (χ4v) is 5.31. The van der Waals surface area contributed by atoms with E-state index in [1.807, 2.05) is 84.6 Å². The number of aromatic nitrogens is 6. The zero-order valence-electron chi connectivity index (χ0n) is 27.3. The number of benzene rings is 2. The fraction of sp³-hybridized carbons (Fsp3) is 0.158. The molecule has 6 aromatic rings. The van der Waals surface area contributed by atoms with Crippen molar-refractivity contribution in [1.29, 1.82) is 0 Å². The minimum Gasteiger partial charge on any atom is -0.383 e. The number of rotatable bonds is 5. The third kappa shape index (κ3) is 9.07. The molecule has 0 unspecified atom stereocenters. The van der Waals surface area contributed by atoms with Crippen molar-refractivity contribution >= 4 is 23.2 Å². The minimum atomic E-state index is -0.151. The van der Waals surface area contributed by atoms with Crippen LogP contribution in [0.2, 0.25) is 10.0 Å². The summed E-state index contributed by atoms with van der Waals surface area (Å²) in [6, 6.07) is 21.6. The molecule has 9 nitrogen and oxygen atoms in total. The Morgan fingerprint density at radius 3 is 2.12 bits per heavy atom. The summed E-state index contributed by atoms with van der Waals surface area (Å²) >= 11 is 11.9. The molecule has 0 aliphatic heterocycles. The molecule has 2 aromatic carbocycles. The Kier molecular flexibility index (Phi) is 11.4. The molecule has 0 aliphatic rings. The molecule has 0 aliphatic carbocycles. The van der Waals surface area contributed by atoms with Gasteiger partial charge in [0, 0.05) is 65.5 Å². The van der Waals surface area contributed by atoms with Gasteiger partial charge in [0.15, 0.2) is 0 Å². The Morgan fingerprint density at radius 1 is 0.796 bits per heavy atom. The average Bonchev–Trinajstić information content (AvgIpc) is 3.59. The van der Waals surface area contributed by atoms with Gasteiger partial charge in [0.05, 0.1) is 23.7 Å². The number of aryl methyl sites for hydroxylation is 2. The highest BCUT2D eigenvalue weighted by Crippen LogP contribution is 2.17. The zero-order chi connectivity index (χ0) is 34.9. The van der Waals surface area contributed by atoms with E-state index in [4.69, 9.17) is 27.9 Å². The van der Waals surface area contributed by atoms with Crippen LogP contribution in [-0.4, -0.2) is 42.4 Å². The summed E-state index contributed by atoms with van der Waals surface area (Å²) < 4.78 is 10.4. The Labute approximate surface area is 293 Å². The lowest BCUT2D eigenvalue weighted by Crippen LogP contribution is -2.21. The third-order valence-corrected chi connectivity index (χ3v) is 7.75. The van der Waals surface area contributed by atoms with Crippen molar-refractivity contribution in [3.63, 3.8) is 0 Å². The van der Waals surface area contributed by atoms with E-state index in [0.29, 0.717) is 34.6 Å². The van der Waals surface area contributed by atoms with E-state index < -0.39 is 0 Å². The van der Waals surface area contributed by atoms with Crippen molar-refractivity contribution in [3.05, 3.63) is 162 Å². The summed E-state index contributed by atoms with van der Waals surface area (Å²) in [6.45, 7) is 6.71. The van der Waals surface area contributed by atoms with Gasteiger partial charge in [-0.3, -0.25) is 14.2 Å². The van der Waals surface area contributed by atoms with Crippen LogP contribution in [0.3, 0.4) is 0 Å². The number of nitrogens with zero attached hydrogens (tertiary/aromatic N) is 5. The molecule has 0 atom stereocenters. The van der Waals surface area contributed by atoms with E-state index in [9.17, 15) is 9.59 Å². The lowest BCUT2D eigenvalue weighted by atomic mass is 10.2. The van der Waals surface area contributed by atoms with Crippen LogP contribution >= 0.6 is 23.2 Å². The van der Waals surface area contributed by atoms with Crippen LogP contribution in [-0.2, 0) is 11.3 Å². The highest BCUT2D eigenvalue weighted by atomic mass is 35.5. The van der Waals surface area contributed by atoms with E-state index in [-0.39, 0.29) is 11.1 Å². The number of ether oxygens (including phenoxy) is 1. The third-order valence-electron chi connectivity index (χ3n) is 7.28. The first-order valence-corrected chi connectivity index (χ1v) is 15.9. The second kappa shape index (κ2) is 16.0. The van der Waals surface area contributed by atoms with Gasteiger partial charge in [-0.1, -0.05) is 47.2 Å². The van der Waals surface area contributed by atoms with Crippen LogP contribution in [0, 0.1) is 44.5 Å². The summed E-state index contributed by atoms with van der Waals surface area (Å²) in [4.78, 5) is 35.3. The van der Waals surface area contributed by atoms with Crippen molar-refractivity contribution in [2.45, 2.75) is 27.3 Å². The predicted molar refractivity (Wildman–Crippen MR) is 193 cm³/mol. The van der Waals surface area contributed by atoms with Crippen LogP contribution in [0.4, 0.5) is 0 Å². The van der Waals surface area contributed by atoms with Crippen molar-refractivity contribution in [3.8, 4) is 35.1 Å². The van der Waals surface area contributed by atoms with Gasteiger partial charge in [0.25, 0.3) is 5.56 Å². The number of hydrogen-bond donors (Lipinski definition) is 1. The van der Waals surface area contributed by atoms with Gasteiger partial charge in [-0.2, -0.15) is 0 Å². The van der Waals surface area contributed by atoms with Gasteiger partial charge in [-0.25, -0.2) is 9.97 Å². The quantitative estimate of drug-likeness (QED) is 0.215. The normalized spacial score (nSPS) is 10.3. The van der Waals surface area contributed by atoms with Crippen LogP contribution in [0.5, 0.6) is 0 Å². The van der Waals surface area contributed by atoms with Crippen LogP contribution < -0.4 is 11.1 Å². The zero-order valence-corrected chi connectivity index (χ0v) is 28.8. The van der Waals surface area contributed by atoms with E-state index in [2.05, 4.69) is 38.6 Å². The van der Waals surface area contributed by atoms with Gasteiger partial charge in [-0.15, -0.1) is 0 Å². The van der Waals surface area contributed by atoms with Gasteiger partial charge < -0.3 is 18.9 Å². The van der Waals surface area contributed by atoms with Crippen molar-refractivity contribution in [1.82, 2.24) is 28.7 Å². The Morgan fingerprint density at radius 2 is 1.49 bits per heavy atom. The lowest BCUT2D eigenvalue weighted by Gasteiger charge is -2.08. The molecule has 0 spiro atoms. The topological polar surface area (TPSA) is 99.7 Å². The number of hydrogen-bond acceptors (Lipinski definition) is 5. The Balaban J connectivity index is 0.000000192. The van der Waals surface area contributed by atoms with Crippen molar-refractivity contribution in [2.75, 3.05) is 13.7 Å². The summed E-state index contributed by atoms with van der Waals surface area (Å²) in [5.74, 6) is 13.8. The second-order valence-corrected chi connectivity index (χ2v) is 11.7. The first-order chi connectivity index (χ1) is 23.6. The monoisotopic (exact) mass is 690 g/mol. The van der Waals surface area contributed by atoms with Crippen LogP contribution in [0.25, 0.3) is 11.4 Å². The number of aromatic amines is 1. The molecule has 1 N–H and O–H groups in total. The maximum absolute atomic E-state index is 12.2. The summed E-state index contributed by atoms with van der Waals surface area (Å²) in [7, 11) is 1.61. The molecule has 0 bridgehead atoms. The summed E-state index contributed by atoms with van der Waals surface area (Å²) in [6.07, 6.45) is 5.20. The number of imidazole rings is 2. The van der Waals surface area contributed by atoms with E-state index in [0.717, 1.165) is 39.8 Å². The highest BCUT2D eigenvalue weighted by Gasteiger charge is 2.11. The largest absolute Gasteiger partial charge is 0.383 e. The number of methoxy groups -OCH3 is 1. The van der Waals surface area contributed by atoms with Gasteiger partial charge >= 0.3 is 0 Å². The maximum Gasteiger partial charge on any atom is 0.252 e. The predicted octanol–water partition coefficient (Wildman–Crippen LogP) is 6.27. The van der Waals surface area contributed by atoms with E-state index >= 15 is 0 Å². The van der Waals surface area contributed by atoms with E-state index in [1.165, 1.54) is 6.07 Å². The Bertz CT molecular complexity index is 2360. The fourth-order valence-electron chi connectivity index (χ4n) is 4.93. The molecule has 0 fully saturated rings. The molecule has 4 heterocycles. The van der Waals surface area contributed by atoms with Crippen molar-refractivity contribution in [2.24, 2.45) is 0 Å². The SMILES string of the molecule is COCCn1ccc(-n2cc(C#Cc3cccc(Cl)c3)nc2C)cc1=O.Cc1nc(C#Cc2cccc(Cl)c2)c(C)n1-c1cc[nH]c(=O)c1. The van der Waals surface area contributed by atoms with Crippen molar-refractivity contribution < 1.29 is 4.74 Å². The molecule has 4 aromatic heterocycles.